The molecule has 1 aromatic carbocycles. The van der Waals surface area contributed by atoms with Crippen LogP contribution in [0, 0.1) is 0 Å². The highest BCUT2D eigenvalue weighted by Gasteiger charge is 2.27. The minimum atomic E-state index is -0.151. The minimum absolute atomic E-state index is 0.145. The third-order valence-electron chi connectivity index (χ3n) is 4.23. The molecule has 1 atom stereocenters. The lowest BCUT2D eigenvalue weighted by Gasteiger charge is -2.31. The molecule has 4 rings (SSSR count). The summed E-state index contributed by atoms with van der Waals surface area (Å²) in [6.45, 7) is 1.13. The number of halogens is 1. The Labute approximate surface area is 164 Å². The molecule has 138 valence electrons. The lowest BCUT2D eigenvalue weighted by molar-refractivity contribution is 0.0510. The van der Waals surface area contributed by atoms with Gasteiger partial charge in [-0.1, -0.05) is 18.2 Å². The number of rotatable bonds is 4. The monoisotopic (exact) mass is 428 g/mol. The molecule has 1 unspecified atom stereocenters. The van der Waals surface area contributed by atoms with Crippen molar-refractivity contribution in [2.24, 2.45) is 0 Å². The Hall–Kier alpha value is -2.81. The first-order valence-corrected chi connectivity index (χ1v) is 9.39. The number of benzene rings is 1. The molecule has 1 aliphatic heterocycles. The normalized spacial score (nSPS) is 16.9. The van der Waals surface area contributed by atoms with Crippen LogP contribution < -0.4 is 4.74 Å². The van der Waals surface area contributed by atoms with Gasteiger partial charge in [-0.15, -0.1) is 5.10 Å². The van der Waals surface area contributed by atoms with Crippen molar-refractivity contribution in [3.8, 4) is 11.7 Å². The second kappa shape index (κ2) is 7.83. The first-order chi connectivity index (χ1) is 13.2. The maximum absolute atomic E-state index is 12.8. The second-order valence-corrected chi connectivity index (χ2v) is 7.09. The summed E-state index contributed by atoms with van der Waals surface area (Å²) in [5.74, 6) is -0.151. The number of piperidine rings is 1. The molecule has 2 aromatic heterocycles. The summed E-state index contributed by atoms with van der Waals surface area (Å²) in [7, 11) is 0. The number of likely N-dealkylation sites (tertiary alicyclic amines) is 1. The molecular weight excluding hydrogens is 412 g/mol. The highest BCUT2D eigenvalue weighted by atomic mass is 79.9. The van der Waals surface area contributed by atoms with Gasteiger partial charge in [-0.25, -0.2) is 9.97 Å². The standard InChI is InChI=1S/C18H17BrN6O2/c19-13-9-20-18(21-10-13)27-15-7-4-8-24(12-15)17(26)16-11-22-25(23-16)14-5-2-1-3-6-14/h1-3,5-6,9-11,15H,4,7-8,12H2. The maximum Gasteiger partial charge on any atom is 0.316 e. The molecule has 1 amide bonds. The van der Waals surface area contributed by atoms with Crippen LogP contribution in [-0.4, -0.2) is 55.0 Å². The van der Waals surface area contributed by atoms with Crippen LogP contribution in [0.1, 0.15) is 23.3 Å². The zero-order valence-electron chi connectivity index (χ0n) is 14.4. The van der Waals surface area contributed by atoms with Crippen molar-refractivity contribution in [1.29, 1.82) is 0 Å². The molecule has 1 aliphatic rings. The Morgan fingerprint density at radius 1 is 1.15 bits per heavy atom. The number of amides is 1. The fourth-order valence-electron chi connectivity index (χ4n) is 2.94. The van der Waals surface area contributed by atoms with Crippen molar-refractivity contribution in [1.82, 2.24) is 29.9 Å². The first-order valence-electron chi connectivity index (χ1n) is 8.60. The van der Waals surface area contributed by atoms with Crippen molar-refractivity contribution in [2.45, 2.75) is 18.9 Å². The number of para-hydroxylation sites is 1. The third kappa shape index (κ3) is 4.13. The smallest absolute Gasteiger partial charge is 0.316 e. The largest absolute Gasteiger partial charge is 0.458 e. The highest BCUT2D eigenvalue weighted by molar-refractivity contribution is 9.10. The summed E-state index contributed by atoms with van der Waals surface area (Å²) in [4.78, 5) is 24.3. The molecule has 3 heterocycles. The highest BCUT2D eigenvalue weighted by Crippen LogP contribution is 2.18. The van der Waals surface area contributed by atoms with E-state index in [1.54, 1.807) is 17.3 Å². The number of hydrogen-bond donors (Lipinski definition) is 0. The van der Waals surface area contributed by atoms with Gasteiger partial charge in [0.05, 0.1) is 22.9 Å². The summed E-state index contributed by atoms with van der Waals surface area (Å²) < 4.78 is 6.61. The Morgan fingerprint density at radius 2 is 1.93 bits per heavy atom. The molecule has 27 heavy (non-hydrogen) atoms. The predicted molar refractivity (Wildman–Crippen MR) is 101 cm³/mol. The van der Waals surface area contributed by atoms with E-state index in [1.165, 1.54) is 11.0 Å². The molecule has 0 bridgehead atoms. The summed E-state index contributed by atoms with van der Waals surface area (Å²) in [6, 6.07) is 9.80. The summed E-state index contributed by atoms with van der Waals surface area (Å²) >= 11 is 3.30. The van der Waals surface area contributed by atoms with Crippen LogP contribution in [0.25, 0.3) is 5.69 Å². The van der Waals surface area contributed by atoms with Gasteiger partial charge in [0, 0.05) is 18.9 Å². The summed E-state index contributed by atoms with van der Waals surface area (Å²) in [6.07, 6.45) is 6.32. The molecule has 9 heteroatoms. The van der Waals surface area contributed by atoms with Crippen LogP contribution >= 0.6 is 15.9 Å². The molecule has 0 aliphatic carbocycles. The minimum Gasteiger partial charge on any atom is -0.458 e. The van der Waals surface area contributed by atoms with Gasteiger partial charge in [0.2, 0.25) is 0 Å². The summed E-state index contributed by atoms with van der Waals surface area (Å²) in [5.41, 5.74) is 1.13. The topological polar surface area (TPSA) is 86.0 Å². The van der Waals surface area contributed by atoms with Crippen molar-refractivity contribution in [3.05, 3.63) is 59.1 Å². The van der Waals surface area contributed by atoms with Gasteiger partial charge in [0.25, 0.3) is 5.91 Å². The van der Waals surface area contributed by atoms with E-state index in [0.29, 0.717) is 24.8 Å². The number of carbonyl (C=O) groups is 1. The van der Waals surface area contributed by atoms with E-state index in [2.05, 4.69) is 36.1 Å². The Morgan fingerprint density at radius 3 is 2.70 bits per heavy atom. The fraction of sp³-hybridized carbons (Fsp3) is 0.278. The van der Waals surface area contributed by atoms with Crippen LogP contribution in [0.2, 0.25) is 0 Å². The first kappa shape index (κ1) is 17.6. The van der Waals surface area contributed by atoms with Crippen LogP contribution in [0.15, 0.2) is 53.4 Å². The van der Waals surface area contributed by atoms with E-state index in [9.17, 15) is 4.79 Å². The Kier molecular flexibility index (Phi) is 5.10. The van der Waals surface area contributed by atoms with E-state index < -0.39 is 0 Å². The number of carbonyl (C=O) groups excluding carboxylic acids is 1. The zero-order valence-corrected chi connectivity index (χ0v) is 16.0. The molecule has 8 nitrogen and oxygen atoms in total. The third-order valence-corrected chi connectivity index (χ3v) is 4.64. The van der Waals surface area contributed by atoms with Gasteiger partial charge >= 0.3 is 6.01 Å². The molecule has 3 aromatic rings. The van der Waals surface area contributed by atoms with E-state index in [-0.39, 0.29) is 12.0 Å². The van der Waals surface area contributed by atoms with Gasteiger partial charge in [-0.3, -0.25) is 4.79 Å². The van der Waals surface area contributed by atoms with Crippen molar-refractivity contribution >= 4 is 21.8 Å². The maximum atomic E-state index is 12.8. The van der Waals surface area contributed by atoms with Crippen molar-refractivity contribution in [2.75, 3.05) is 13.1 Å². The Bertz CT molecular complexity index is 915. The van der Waals surface area contributed by atoms with Gasteiger partial charge in [-0.2, -0.15) is 9.90 Å². The number of hydrogen-bond acceptors (Lipinski definition) is 6. The second-order valence-electron chi connectivity index (χ2n) is 6.17. The molecular formula is C18H17BrN6O2. The quantitative estimate of drug-likeness (QED) is 0.634. The lowest BCUT2D eigenvalue weighted by Crippen LogP contribution is -2.44. The van der Waals surface area contributed by atoms with Gasteiger partial charge < -0.3 is 9.64 Å². The van der Waals surface area contributed by atoms with E-state index in [4.69, 9.17) is 4.74 Å². The van der Waals surface area contributed by atoms with Crippen LogP contribution in [0.4, 0.5) is 0 Å². The average molecular weight is 429 g/mol. The van der Waals surface area contributed by atoms with Crippen LogP contribution in [-0.2, 0) is 0 Å². The zero-order chi connectivity index (χ0) is 18.6. The molecule has 0 N–H and O–H groups in total. The SMILES string of the molecule is O=C(c1cnn(-c2ccccc2)n1)N1CCCC(Oc2ncc(Br)cn2)C1. The number of aromatic nitrogens is 5. The predicted octanol–water partition coefficient (Wildman–Crippen LogP) is 2.50. The Balaban J connectivity index is 1.43. The molecule has 1 fully saturated rings. The van der Waals surface area contributed by atoms with Gasteiger partial charge in [-0.05, 0) is 40.9 Å². The van der Waals surface area contributed by atoms with Crippen molar-refractivity contribution in [3.63, 3.8) is 0 Å². The van der Waals surface area contributed by atoms with Crippen LogP contribution in [0.5, 0.6) is 6.01 Å². The van der Waals surface area contributed by atoms with Crippen LogP contribution in [0.3, 0.4) is 0 Å². The number of nitrogens with zero attached hydrogens (tertiary/aromatic N) is 6. The molecule has 0 spiro atoms. The average Bonchev–Trinajstić information content (AvgIpc) is 3.20. The number of ether oxygens (including phenoxy) is 1. The molecule has 0 saturated carbocycles. The van der Waals surface area contributed by atoms with Gasteiger partial charge in [0.1, 0.15) is 6.10 Å². The fourth-order valence-corrected chi connectivity index (χ4v) is 3.14. The van der Waals surface area contributed by atoms with E-state index in [0.717, 1.165) is 23.0 Å². The van der Waals surface area contributed by atoms with Crippen molar-refractivity contribution < 1.29 is 9.53 Å². The summed E-state index contributed by atoms with van der Waals surface area (Å²) in [5, 5.41) is 8.52. The van der Waals surface area contributed by atoms with Gasteiger partial charge in [0.15, 0.2) is 5.69 Å². The van der Waals surface area contributed by atoms with E-state index in [1.807, 2.05) is 30.3 Å². The molecule has 0 radical (unpaired) electrons. The molecule has 1 saturated heterocycles. The lowest BCUT2D eigenvalue weighted by atomic mass is 10.1. The van der Waals surface area contributed by atoms with E-state index >= 15 is 0 Å².